The molecule has 0 saturated heterocycles. The van der Waals surface area contributed by atoms with Gasteiger partial charge in [0.15, 0.2) is 5.82 Å². The van der Waals surface area contributed by atoms with Crippen LogP contribution in [-0.4, -0.2) is 39.3 Å². The maximum absolute atomic E-state index is 12.2. The Morgan fingerprint density at radius 1 is 1.19 bits per heavy atom. The number of rotatable bonds is 7. The Bertz CT molecular complexity index is 893. The standard InChI is InChI=1S/C18H20N6O2/c1-3-26-16-10-5-4-9-15(16)20-17(25)12-19-14-8-6-7-13(11-14)18-21-22-23-24(18)2/h4-11,19H,3,12H2,1-2H3,(H,20,25). The van der Waals surface area contributed by atoms with Crippen LogP contribution in [0.5, 0.6) is 5.75 Å². The van der Waals surface area contributed by atoms with E-state index in [2.05, 4.69) is 26.2 Å². The molecule has 1 aromatic heterocycles. The summed E-state index contributed by atoms with van der Waals surface area (Å²) in [5, 5.41) is 17.4. The number of carbonyl (C=O) groups is 1. The van der Waals surface area contributed by atoms with E-state index in [9.17, 15) is 4.79 Å². The lowest BCUT2D eigenvalue weighted by Gasteiger charge is -2.12. The predicted molar refractivity (Wildman–Crippen MR) is 99.0 cm³/mol. The van der Waals surface area contributed by atoms with Gasteiger partial charge in [-0.2, -0.15) is 0 Å². The minimum atomic E-state index is -0.164. The highest BCUT2D eigenvalue weighted by molar-refractivity contribution is 5.95. The van der Waals surface area contributed by atoms with Gasteiger partial charge in [0.25, 0.3) is 0 Å². The van der Waals surface area contributed by atoms with Crippen molar-refractivity contribution in [2.45, 2.75) is 6.92 Å². The van der Waals surface area contributed by atoms with Crippen molar-refractivity contribution >= 4 is 17.3 Å². The number of aromatic nitrogens is 4. The largest absolute Gasteiger partial charge is 0.492 e. The fraction of sp³-hybridized carbons (Fsp3) is 0.222. The molecule has 1 amide bonds. The number of hydrogen-bond acceptors (Lipinski definition) is 6. The number of anilines is 2. The summed E-state index contributed by atoms with van der Waals surface area (Å²) in [4.78, 5) is 12.2. The molecule has 26 heavy (non-hydrogen) atoms. The van der Waals surface area contributed by atoms with E-state index in [1.165, 1.54) is 0 Å². The summed E-state index contributed by atoms with van der Waals surface area (Å²) in [6, 6.07) is 14.9. The van der Waals surface area contributed by atoms with Crippen LogP contribution in [-0.2, 0) is 11.8 Å². The van der Waals surface area contributed by atoms with Gasteiger partial charge in [-0.3, -0.25) is 4.79 Å². The Balaban J connectivity index is 1.63. The average molecular weight is 352 g/mol. The summed E-state index contributed by atoms with van der Waals surface area (Å²) in [5.41, 5.74) is 2.32. The summed E-state index contributed by atoms with van der Waals surface area (Å²) in [5.74, 6) is 1.15. The molecule has 134 valence electrons. The Morgan fingerprint density at radius 3 is 2.81 bits per heavy atom. The number of aryl methyl sites for hydroxylation is 1. The topological polar surface area (TPSA) is 94.0 Å². The molecule has 0 atom stereocenters. The molecule has 3 aromatic rings. The average Bonchev–Trinajstić information content (AvgIpc) is 3.08. The van der Waals surface area contributed by atoms with E-state index in [4.69, 9.17) is 4.74 Å². The maximum atomic E-state index is 12.2. The van der Waals surface area contributed by atoms with Crippen molar-refractivity contribution in [3.63, 3.8) is 0 Å². The molecule has 0 radical (unpaired) electrons. The first-order valence-electron chi connectivity index (χ1n) is 8.25. The number of para-hydroxylation sites is 2. The minimum absolute atomic E-state index is 0.126. The van der Waals surface area contributed by atoms with E-state index in [1.807, 2.05) is 55.5 Å². The number of ether oxygens (including phenoxy) is 1. The number of tetrazole rings is 1. The van der Waals surface area contributed by atoms with E-state index >= 15 is 0 Å². The highest BCUT2D eigenvalue weighted by Gasteiger charge is 2.09. The lowest BCUT2D eigenvalue weighted by molar-refractivity contribution is -0.114. The molecule has 3 rings (SSSR count). The quantitative estimate of drug-likeness (QED) is 0.678. The van der Waals surface area contributed by atoms with Crippen molar-refractivity contribution in [3.8, 4) is 17.1 Å². The van der Waals surface area contributed by atoms with E-state index in [0.29, 0.717) is 23.9 Å². The zero-order valence-corrected chi connectivity index (χ0v) is 14.6. The second-order valence-electron chi connectivity index (χ2n) is 5.54. The van der Waals surface area contributed by atoms with Gasteiger partial charge in [0.05, 0.1) is 18.8 Å². The molecule has 1 heterocycles. The van der Waals surface area contributed by atoms with E-state index < -0.39 is 0 Å². The smallest absolute Gasteiger partial charge is 0.243 e. The van der Waals surface area contributed by atoms with E-state index in [1.54, 1.807) is 11.7 Å². The Kier molecular flexibility index (Phi) is 5.43. The van der Waals surface area contributed by atoms with Crippen molar-refractivity contribution in [2.24, 2.45) is 7.05 Å². The molecule has 2 N–H and O–H groups in total. The second-order valence-corrected chi connectivity index (χ2v) is 5.54. The van der Waals surface area contributed by atoms with Crippen LogP contribution in [0.15, 0.2) is 48.5 Å². The predicted octanol–water partition coefficient (Wildman–Crippen LogP) is 2.33. The van der Waals surface area contributed by atoms with Crippen LogP contribution in [0, 0.1) is 0 Å². The van der Waals surface area contributed by atoms with Crippen molar-refractivity contribution in [2.75, 3.05) is 23.8 Å². The number of amides is 1. The maximum Gasteiger partial charge on any atom is 0.243 e. The number of hydrogen-bond donors (Lipinski definition) is 2. The molecule has 0 bridgehead atoms. The SMILES string of the molecule is CCOc1ccccc1NC(=O)CNc1cccc(-c2nnnn2C)c1. The van der Waals surface area contributed by atoms with Crippen LogP contribution < -0.4 is 15.4 Å². The van der Waals surface area contributed by atoms with Gasteiger partial charge in [0.1, 0.15) is 5.75 Å². The molecule has 8 heteroatoms. The van der Waals surface area contributed by atoms with Gasteiger partial charge in [-0.15, -0.1) is 5.10 Å². The molecule has 0 saturated carbocycles. The molecule has 0 unspecified atom stereocenters. The molecule has 0 fully saturated rings. The first-order chi connectivity index (χ1) is 12.7. The third kappa shape index (κ3) is 4.15. The summed E-state index contributed by atoms with van der Waals surface area (Å²) in [7, 11) is 1.78. The van der Waals surface area contributed by atoms with Crippen LogP contribution in [0.3, 0.4) is 0 Å². The van der Waals surface area contributed by atoms with E-state index in [-0.39, 0.29) is 12.5 Å². The first-order valence-corrected chi connectivity index (χ1v) is 8.25. The lowest BCUT2D eigenvalue weighted by Crippen LogP contribution is -2.22. The first kappa shape index (κ1) is 17.4. The fourth-order valence-electron chi connectivity index (χ4n) is 2.47. The van der Waals surface area contributed by atoms with Crippen LogP contribution in [0.1, 0.15) is 6.92 Å². The summed E-state index contributed by atoms with van der Waals surface area (Å²) < 4.78 is 7.11. The van der Waals surface area contributed by atoms with Gasteiger partial charge in [-0.05, 0) is 41.6 Å². The number of carbonyl (C=O) groups excluding carboxylic acids is 1. The second kappa shape index (κ2) is 8.11. The normalized spacial score (nSPS) is 10.4. The molecular formula is C18H20N6O2. The van der Waals surface area contributed by atoms with Gasteiger partial charge < -0.3 is 15.4 Å². The molecular weight excluding hydrogens is 332 g/mol. The van der Waals surface area contributed by atoms with Crippen LogP contribution in [0.4, 0.5) is 11.4 Å². The molecule has 0 aliphatic heterocycles. The number of nitrogens with one attached hydrogen (secondary N) is 2. The summed E-state index contributed by atoms with van der Waals surface area (Å²) >= 11 is 0. The van der Waals surface area contributed by atoms with Crippen LogP contribution in [0.2, 0.25) is 0 Å². The van der Waals surface area contributed by atoms with Gasteiger partial charge >= 0.3 is 0 Å². The third-order valence-electron chi connectivity index (χ3n) is 3.65. The summed E-state index contributed by atoms with van der Waals surface area (Å²) in [6.45, 7) is 2.57. The van der Waals surface area contributed by atoms with E-state index in [0.717, 1.165) is 11.3 Å². The van der Waals surface area contributed by atoms with Crippen LogP contribution >= 0.6 is 0 Å². The van der Waals surface area contributed by atoms with Gasteiger partial charge in [0.2, 0.25) is 5.91 Å². The third-order valence-corrected chi connectivity index (χ3v) is 3.65. The van der Waals surface area contributed by atoms with Crippen LogP contribution in [0.25, 0.3) is 11.4 Å². The van der Waals surface area contributed by atoms with Gasteiger partial charge in [0, 0.05) is 18.3 Å². The van der Waals surface area contributed by atoms with Crippen molar-refractivity contribution in [3.05, 3.63) is 48.5 Å². The molecule has 0 aliphatic carbocycles. The Morgan fingerprint density at radius 2 is 2.04 bits per heavy atom. The highest BCUT2D eigenvalue weighted by atomic mass is 16.5. The monoisotopic (exact) mass is 352 g/mol. The number of nitrogens with zero attached hydrogens (tertiary/aromatic N) is 4. The van der Waals surface area contributed by atoms with Crippen molar-refractivity contribution in [1.29, 1.82) is 0 Å². The molecule has 2 aromatic carbocycles. The zero-order valence-electron chi connectivity index (χ0n) is 14.6. The fourth-order valence-corrected chi connectivity index (χ4v) is 2.47. The van der Waals surface area contributed by atoms with Gasteiger partial charge in [-0.25, -0.2) is 4.68 Å². The van der Waals surface area contributed by atoms with Gasteiger partial charge in [-0.1, -0.05) is 24.3 Å². The molecule has 0 aliphatic rings. The Hall–Kier alpha value is -3.42. The molecule has 0 spiro atoms. The highest BCUT2D eigenvalue weighted by Crippen LogP contribution is 2.23. The Labute approximate surface area is 151 Å². The molecule has 8 nitrogen and oxygen atoms in total. The van der Waals surface area contributed by atoms with Crippen molar-refractivity contribution < 1.29 is 9.53 Å². The van der Waals surface area contributed by atoms with Crippen molar-refractivity contribution in [1.82, 2.24) is 20.2 Å². The summed E-state index contributed by atoms with van der Waals surface area (Å²) in [6.07, 6.45) is 0. The zero-order chi connectivity index (χ0) is 18.4. The minimum Gasteiger partial charge on any atom is -0.492 e. The lowest BCUT2D eigenvalue weighted by atomic mass is 10.2. The number of benzene rings is 2.